The van der Waals surface area contributed by atoms with Crippen LogP contribution in [0.1, 0.15) is 22.3 Å². The number of benzene rings is 9. The number of hydrogen-bond acceptors (Lipinski definition) is 3. The topological polar surface area (TPSA) is 38.7 Å². The van der Waals surface area contributed by atoms with Gasteiger partial charge in [0.05, 0.1) is 16.8 Å². The van der Waals surface area contributed by atoms with E-state index < -0.39 is 5.41 Å². The van der Waals surface area contributed by atoms with Crippen LogP contribution in [0.25, 0.3) is 88.8 Å². The highest BCUT2D eigenvalue weighted by Crippen LogP contribution is 2.59. The lowest BCUT2D eigenvalue weighted by atomic mass is 9.66. The lowest BCUT2D eigenvalue weighted by Crippen LogP contribution is -2.28. The van der Waals surface area contributed by atoms with Crippen LogP contribution in [0, 0.1) is 0 Å². The number of pyridine rings is 1. The van der Waals surface area contributed by atoms with Crippen LogP contribution in [0.5, 0.6) is 0 Å². The Bertz CT molecular complexity index is 3450. The second kappa shape index (κ2) is 15.0. The number of rotatable bonds is 7. The molecule has 0 unspecified atom stereocenters. The summed E-state index contributed by atoms with van der Waals surface area (Å²) in [5.74, 6) is 0.687. The Labute approximate surface area is 366 Å². The van der Waals surface area contributed by atoms with E-state index in [0.29, 0.717) is 5.82 Å². The fourth-order valence-electron chi connectivity index (χ4n) is 10.0. The molecular formula is C60H39N3. The molecule has 0 amide bonds. The summed E-state index contributed by atoms with van der Waals surface area (Å²) in [5.41, 5.74) is 16.4. The van der Waals surface area contributed by atoms with Crippen molar-refractivity contribution in [3.05, 3.63) is 259 Å². The summed E-state index contributed by atoms with van der Waals surface area (Å²) in [6, 6.07) is 81.1. The molecule has 0 saturated carbocycles. The molecule has 0 atom stereocenters. The third-order valence-corrected chi connectivity index (χ3v) is 12.9. The van der Waals surface area contributed by atoms with Crippen molar-refractivity contribution in [2.75, 3.05) is 0 Å². The van der Waals surface area contributed by atoms with Crippen LogP contribution in [-0.4, -0.2) is 15.0 Å². The van der Waals surface area contributed by atoms with Crippen LogP contribution < -0.4 is 0 Å². The highest BCUT2D eigenvalue weighted by molar-refractivity contribution is 6.06. The van der Waals surface area contributed by atoms with Gasteiger partial charge in [-0.1, -0.05) is 200 Å². The molecule has 1 aliphatic rings. The molecule has 3 heteroatoms. The van der Waals surface area contributed by atoms with Gasteiger partial charge in [-0.15, -0.1) is 0 Å². The Balaban J connectivity index is 1.06. The van der Waals surface area contributed by atoms with E-state index >= 15 is 0 Å². The molecule has 11 aromatic rings. The summed E-state index contributed by atoms with van der Waals surface area (Å²) in [7, 11) is 0. The third kappa shape index (κ3) is 6.01. The number of aromatic nitrogens is 3. The van der Waals surface area contributed by atoms with Gasteiger partial charge in [0.2, 0.25) is 0 Å². The Hall–Kier alpha value is -8.27. The van der Waals surface area contributed by atoms with E-state index in [1.807, 2.05) is 30.5 Å². The van der Waals surface area contributed by atoms with Gasteiger partial charge in [0.15, 0.2) is 5.82 Å². The van der Waals surface area contributed by atoms with Crippen molar-refractivity contribution < 1.29 is 0 Å². The highest BCUT2D eigenvalue weighted by Gasteiger charge is 2.47. The van der Waals surface area contributed by atoms with Crippen molar-refractivity contribution in [2.24, 2.45) is 0 Å². The number of fused-ring (bicyclic) bond motifs is 6. The quantitative estimate of drug-likeness (QED) is 0.161. The largest absolute Gasteiger partial charge is 0.264 e. The van der Waals surface area contributed by atoms with Crippen LogP contribution in [0.3, 0.4) is 0 Å². The maximum Gasteiger partial charge on any atom is 0.160 e. The first kappa shape index (κ1) is 36.6. The van der Waals surface area contributed by atoms with Crippen molar-refractivity contribution in [3.63, 3.8) is 0 Å². The zero-order valence-corrected chi connectivity index (χ0v) is 34.4. The van der Waals surface area contributed by atoms with Gasteiger partial charge in [-0.3, -0.25) is 4.98 Å². The molecular weight excluding hydrogens is 763 g/mol. The second-order valence-corrected chi connectivity index (χ2v) is 16.3. The molecule has 2 heterocycles. The average molecular weight is 802 g/mol. The molecule has 63 heavy (non-hydrogen) atoms. The van der Waals surface area contributed by atoms with Crippen molar-refractivity contribution in [1.82, 2.24) is 15.0 Å². The van der Waals surface area contributed by atoms with E-state index in [-0.39, 0.29) is 0 Å². The molecule has 0 bridgehead atoms. The fraction of sp³-hybridized carbons (Fsp3) is 0.0167. The molecule has 9 aromatic carbocycles. The molecule has 0 saturated heterocycles. The fourth-order valence-corrected chi connectivity index (χ4v) is 10.0. The summed E-state index contributed by atoms with van der Waals surface area (Å²) < 4.78 is 0. The minimum absolute atomic E-state index is 0.542. The van der Waals surface area contributed by atoms with E-state index in [9.17, 15) is 0 Å². The number of hydrogen-bond donors (Lipinski definition) is 0. The zero-order chi connectivity index (χ0) is 41.7. The monoisotopic (exact) mass is 801 g/mol. The molecule has 0 N–H and O–H groups in total. The minimum atomic E-state index is -0.542. The van der Waals surface area contributed by atoms with Crippen molar-refractivity contribution >= 4 is 21.5 Å². The standard InChI is InChI=1S/C60H39N3/c1-4-17-41(18-5-1)59-62-56(44-20-14-19-42(36-44)45-21-15-35-61-39-45)38-57(63-59)53-34-33-48(50-27-12-13-28-51(50)53)43-30-31-52-54-32-29-40-16-10-11-26-49(40)58(54)60(55(52)37-43,46-22-6-2-7-23-46)47-24-8-3-9-25-47/h1-39H. The second-order valence-electron chi connectivity index (χ2n) is 16.3. The van der Waals surface area contributed by atoms with E-state index in [1.54, 1.807) is 6.20 Å². The van der Waals surface area contributed by atoms with Gasteiger partial charge in [-0.25, -0.2) is 9.97 Å². The highest BCUT2D eigenvalue weighted by atomic mass is 14.9. The van der Waals surface area contributed by atoms with Gasteiger partial charge in [0.1, 0.15) is 0 Å². The first-order chi connectivity index (χ1) is 31.2. The van der Waals surface area contributed by atoms with Crippen LogP contribution in [0.4, 0.5) is 0 Å². The molecule has 0 aliphatic heterocycles. The van der Waals surface area contributed by atoms with E-state index in [4.69, 9.17) is 9.97 Å². The molecule has 0 spiro atoms. The summed E-state index contributed by atoms with van der Waals surface area (Å²) >= 11 is 0. The van der Waals surface area contributed by atoms with Gasteiger partial charge < -0.3 is 0 Å². The predicted octanol–water partition coefficient (Wildman–Crippen LogP) is 14.9. The van der Waals surface area contributed by atoms with E-state index in [1.165, 1.54) is 60.7 Å². The summed E-state index contributed by atoms with van der Waals surface area (Å²) in [6.45, 7) is 0. The van der Waals surface area contributed by atoms with E-state index in [0.717, 1.165) is 44.6 Å². The first-order valence-corrected chi connectivity index (χ1v) is 21.5. The molecule has 2 aromatic heterocycles. The molecule has 294 valence electrons. The SMILES string of the molecule is c1ccc(-c2nc(-c3cccc(-c4cccnc4)c3)cc(-c3ccc(-c4ccc5c(c4)C(c4ccccc4)(c4ccccc4)c4c-5ccc5ccccc45)c4ccccc34)n2)cc1. The zero-order valence-electron chi connectivity index (χ0n) is 34.4. The molecule has 0 radical (unpaired) electrons. The smallest absolute Gasteiger partial charge is 0.160 e. The van der Waals surface area contributed by atoms with Crippen molar-refractivity contribution in [3.8, 4) is 67.3 Å². The van der Waals surface area contributed by atoms with Crippen LogP contribution in [0.2, 0.25) is 0 Å². The molecule has 12 rings (SSSR count). The molecule has 0 fully saturated rings. The van der Waals surface area contributed by atoms with Crippen molar-refractivity contribution in [2.45, 2.75) is 5.41 Å². The summed E-state index contributed by atoms with van der Waals surface area (Å²) in [4.78, 5) is 14.9. The van der Waals surface area contributed by atoms with Crippen LogP contribution >= 0.6 is 0 Å². The average Bonchev–Trinajstić information content (AvgIpc) is 3.68. The minimum Gasteiger partial charge on any atom is -0.264 e. The maximum absolute atomic E-state index is 5.29. The normalized spacial score (nSPS) is 12.6. The predicted molar refractivity (Wildman–Crippen MR) is 259 cm³/mol. The summed E-state index contributed by atoms with van der Waals surface area (Å²) in [6.07, 6.45) is 3.71. The van der Waals surface area contributed by atoms with Gasteiger partial charge in [0.25, 0.3) is 0 Å². The van der Waals surface area contributed by atoms with Gasteiger partial charge >= 0.3 is 0 Å². The van der Waals surface area contributed by atoms with E-state index in [2.05, 4.69) is 205 Å². The van der Waals surface area contributed by atoms with Gasteiger partial charge in [-0.05, 0) is 95.9 Å². The van der Waals surface area contributed by atoms with Crippen LogP contribution in [-0.2, 0) is 5.41 Å². The van der Waals surface area contributed by atoms with Crippen LogP contribution in [0.15, 0.2) is 237 Å². The first-order valence-electron chi connectivity index (χ1n) is 21.5. The summed E-state index contributed by atoms with van der Waals surface area (Å²) in [5, 5.41) is 4.82. The number of nitrogens with zero attached hydrogens (tertiary/aromatic N) is 3. The maximum atomic E-state index is 5.29. The third-order valence-electron chi connectivity index (χ3n) is 12.9. The van der Waals surface area contributed by atoms with Gasteiger partial charge in [0, 0.05) is 34.6 Å². The molecule has 3 nitrogen and oxygen atoms in total. The lowest BCUT2D eigenvalue weighted by molar-refractivity contribution is 0.776. The van der Waals surface area contributed by atoms with Gasteiger partial charge in [-0.2, -0.15) is 0 Å². The Morgan fingerprint density at radius 3 is 1.67 bits per heavy atom. The lowest BCUT2D eigenvalue weighted by Gasteiger charge is -2.35. The Morgan fingerprint density at radius 1 is 0.333 bits per heavy atom. The Kier molecular flexibility index (Phi) is 8.72. The Morgan fingerprint density at radius 2 is 0.921 bits per heavy atom. The van der Waals surface area contributed by atoms with Crippen molar-refractivity contribution in [1.29, 1.82) is 0 Å². The molecule has 1 aliphatic carbocycles.